The van der Waals surface area contributed by atoms with Crippen molar-refractivity contribution in [2.24, 2.45) is 0 Å². The summed E-state index contributed by atoms with van der Waals surface area (Å²) in [7, 11) is 1.65. The van der Waals surface area contributed by atoms with Gasteiger partial charge in [0.25, 0.3) is 0 Å². The number of allylic oxidation sites excluding steroid dienone is 1. The predicted molar refractivity (Wildman–Crippen MR) is 69.0 cm³/mol. The van der Waals surface area contributed by atoms with Crippen molar-refractivity contribution in [1.82, 2.24) is 0 Å². The van der Waals surface area contributed by atoms with Crippen LogP contribution >= 0.6 is 27.5 Å². The third-order valence-corrected chi connectivity index (χ3v) is 2.66. The van der Waals surface area contributed by atoms with Gasteiger partial charge in [0.15, 0.2) is 0 Å². The monoisotopic (exact) mass is 289 g/mol. The molecule has 0 saturated heterocycles. The lowest BCUT2D eigenvalue weighted by molar-refractivity contribution is 0.412. The van der Waals surface area contributed by atoms with E-state index in [1.165, 1.54) is 0 Å². The second-order valence-electron chi connectivity index (χ2n) is 2.86. The first-order valence-electron chi connectivity index (χ1n) is 4.56. The Bertz CT molecular complexity index is 341. The third kappa shape index (κ3) is 4.14. The van der Waals surface area contributed by atoms with Crippen LogP contribution in [-0.2, 0) is 0 Å². The average Bonchev–Trinajstić information content (AvgIpc) is 2.26. The molecule has 2 nitrogen and oxygen atoms in total. The Kier molecular flexibility index (Phi) is 5.58. The predicted octanol–water partition coefficient (Wildman–Crippen LogP) is 3.66. The fraction of sp³-hybridized carbons (Fsp3) is 0.273. The standard InChI is InChI=1S/C11H13BrClNO/c1-15-11-8-9(4-5-10(11)12)14-7-3-2-6-13/h2-5,8,14H,6-7H2,1H3/b3-2+. The SMILES string of the molecule is COc1cc(NC/C=C/CCl)ccc1Br. The molecule has 0 aliphatic carbocycles. The molecule has 0 saturated carbocycles. The largest absolute Gasteiger partial charge is 0.495 e. The van der Waals surface area contributed by atoms with E-state index in [0.29, 0.717) is 5.88 Å². The summed E-state index contributed by atoms with van der Waals surface area (Å²) in [5.41, 5.74) is 1.02. The maximum atomic E-state index is 5.51. The number of methoxy groups -OCH3 is 1. The van der Waals surface area contributed by atoms with Gasteiger partial charge >= 0.3 is 0 Å². The van der Waals surface area contributed by atoms with Crippen molar-refractivity contribution in [1.29, 1.82) is 0 Å². The van der Waals surface area contributed by atoms with Gasteiger partial charge in [0.05, 0.1) is 11.6 Å². The second kappa shape index (κ2) is 6.75. The van der Waals surface area contributed by atoms with Gasteiger partial charge in [-0.25, -0.2) is 0 Å². The van der Waals surface area contributed by atoms with Crippen molar-refractivity contribution >= 4 is 33.2 Å². The highest BCUT2D eigenvalue weighted by atomic mass is 79.9. The number of hydrogen-bond acceptors (Lipinski definition) is 2. The smallest absolute Gasteiger partial charge is 0.135 e. The van der Waals surface area contributed by atoms with Gasteiger partial charge < -0.3 is 10.1 Å². The van der Waals surface area contributed by atoms with Crippen molar-refractivity contribution in [2.75, 3.05) is 24.9 Å². The van der Waals surface area contributed by atoms with Crippen LogP contribution in [0.2, 0.25) is 0 Å². The molecule has 1 aromatic carbocycles. The lowest BCUT2D eigenvalue weighted by Crippen LogP contribution is -1.98. The van der Waals surface area contributed by atoms with E-state index in [4.69, 9.17) is 16.3 Å². The molecule has 0 radical (unpaired) electrons. The van der Waals surface area contributed by atoms with Gasteiger partial charge in [-0.3, -0.25) is 0 Å². The lowest BCUT2D eigenvalue weighted by atomic mass is 10.3. The minimum Gasteiger partial charge on any atom is -0.495 e. The number of halogens is 2. The zero-order valence-electron chi connectivity index (χ0n) is 8.47. The van der Waals surface area contributed by atoms with Crippen LogP contribution in [0.1, 0.15) is 0 Å². The molecule has 15 heavy (non-hydrogen) atoms. The highest BCUT2D eigenvalue weighted by Gasteiger charge is 1.99. The van der Waals surface area contributed by atoms with Crippen molar-refractivity contribution in [3.8, 4) is 5.75 Å². The molecule has 1 rings (SSSR count). The summed E-state index contributed by atoms with van der Waals surface area (Å²) < 4.78 is 6.14. The van der Waals surface area contributed by atoms with Crippen LogP contribution in [-0.4, -0.2) is 19.5 Å². The topological polar surface area (TPSA) is 21.3 Å². The van der Waals surface area contributed by atoms with E-state index in [1.54, 1.807) is 7.11 Å². The van der Waals surface area contributed by atoms with Crippen molar-refractivity contribution in [3.05, 3.63) is 34.8 Å². The Morgan fingerprint density at radius 3 is 2.93 bits per heavy atom. The first-order valence-corrected chi connectivity index (χ1v) is 5.89. The Balaban J connectivity index is 2.58. The molecular weight excluding hydrogens is 277 g/mol. The molecule has 0 aliphatic heterocycles. The van der Waals surface area contributed by atoms with Gasteiger partial charge in [-0.15, -0.1) is 11.6 Å². The van der Waals surface area contributed by atoms with Crippen molar-refractivity contribution in [3.63, 3.8) is 0 Å². The maximum Gasteiger partial charge on any atom is 0.135 e. The molecule has 0 spiro atoms. The number of alkyl halides is 1. The quantitative estimate of drug-likeness (QED) is 0.660. The van der Waals surface area contributed by atoms with Crippen LogP contribution in [0.4, 0.5) is 5.69 Å². The van der Waals surface area contributed by atoms with E-state index >= 15 is 0 Å². The zero-order valence-corrected chi connectivity index (χ0v) is 10.8. The minimum absolute atomic E-state index is 0.547. The summed E-state index contributed by atoms with van der Waals surface area (Å²) in [6.07, 6.45) is 3.90. The first-order chi connectivity index (χ1) is 7.27. The summed E-state index contributed by atoms with van der Waals surface area (Å²) in [4.78, 5) is 0. The molecule has 0 aliphatic rings. The molecule has 0 aromatic heterocycles. The normalized spacial score (nSPS) is 10.6. The van der Waals surface area contributed by atoms with Crippen molar-refractivity contribution < 1.29 is 4.74 Å². The van der Waals surface area contributed by atoms with Crippen LogP contribution in [0.15, 0.2) is 34.8 Å². The van der Waals surface area contributed by atoms with Gasteiger partial charge in [0, 0.05) is 24.2 Å². The van der Waals surface area contributed by atoms with E-state index in [-0.39, 0.29) is 0 Å². The number of nitrogens with one attached hydrogen (secondary N) is 1. The van der Waals surface area contributed by atoms with E-state index in [0.717, 1.165) is 22.5 Å². The van der Waals surface area contributed by atoms with Gasteiger partial charge in [0.2, 0.25) is 0 Å². The second-order valence-corrected chi connectivity index (χ2v) is 4.02. The lowest BCUT2D eigenvalue weighted by Gasteiger charge is -2.07. The molecule has 0 unspecified atom stereocenters. The van der Waals surface area contributed by atoms with Crippen molar-refractivity contribution in [2.45, 2.75) is 0 Å². The molecule has 0 atom stereocenters. The average molecular weight is 291 g/mol. The Morgan fingerprint density at radius 1 is 1.47 bits per heavy atom. The van der Waals surface area contributed by atoms with Crippen LogP contribution in [0.5, 0.6) is 5.75 Å². The summed E-state index contributed by atoms with van der Waals surface area (Å²) >= 11 is 8.91. The molecule has 82 valence electrons. The summed E-state index contributed by atoms with van der Waals surface area (Å²) in [5.74, 6) is 1.37. The molecule has 0 heterocycles. The number of rotatable bonds is 5. The Hall–Kier alpha value is -0.670. The Labute approximate surface area is 103 Å². The number of ether oxygens (including phenoxy) is 1. The molecule has 0 bridgehead atoms. The number of hydrogen-bond donors (Lipinski definition) is 1. The molecule has 0 amide bonds. The van der Waals surface area contributed by atoms with Crippen LogP contribution in [0, 0.1) is 0 Å². The zero-order chi connectivity index (χ0) is 11.1. The third-order valence-electron chi connectivity index (χ3n) is 1.83. The van der Waals surface area contributed by atoms with E-state index in [1.807, 2.05) is 30.4 Å². The van der Waals surface area contributed by atoms with Gasteiger partial charge in [-0.05, 0) is 28.1 Å². The molecule has 4 heteroatoms. The Morgan fingerprint density at radius 2 is 2.27 bits per heavy atom. The van der Waals surface area contributed by atoms with Crippen LogP contribution in [0.25, 0.3) is 0 Å². The number of anilines is 1. The van der Waals surface area contributed by atoms with Crippen LogP contribution < -0.4 is 10.1 Å². The van der Waals surface area contributed by atoms with Gasteiger partial charge in [-0.2, -0.15) is 0 Å². The maximum absolute atomic E-state index is 5.51. The van der Waals surface area contributed by atoms with E-state index < -0.39 is 0 Å². The molecular formula is C11H13BrClNO. The number of benzene rings is 1. The highest BCUT2D eigenvalue weighted by molar-refractivity contribution is 9.10. The van der Waals surface area contributed by atoms with Gasteiger partial charge in [0.1, 0.15) is 5.75 Å². The van der Waals surface area contributed by atoms with Gasteiger partial charge in [-0.1, -0.05) is 12.2 Å². The molecule has 0 fully saturated rings. The summed E-state index contributed by atoms with van der Waals surface area (Å²) in [6.45, 7) is 0.761. The molecule has 1 aromatic rings. The minimum atomic E-state index is 0.547. The van der Waals surface area contributed by atoms with E-state index in [9.17, 15) is 0 Å². The summed E-state index contributed by atoms with van der Waals surface area (Å²) in [5, 5.41) is 3.24. The van der Waals surface area contributed by atoms with E-state index in [2.05, 4.69) is 21.2 Å². The fourth-order valence-corrected chi connectivity index (χ4v) is 1.63. The highest BCUT2D eigenvalue weighted by Crippen LogP contribution is 2.27. The molecule has 1 N–H and O–H groups in total. The van der Waals surface area contributed by atoms with Crippen LogP contribution in [0.3, 0.4) is 0 Å². The summed E-state index contributed by atoms with van der Waals surface area (Å²) in [6, 6.07) is 5.88. The first kappa shape index (κ1) is 12.4. The fourth-order valence-electron chi connectivity index (χ4n) is 1.09.